The van der Waals surface area contributed by atoms with Crippen LogP contribution in [0.5, 0.6) is 0 Å². The maximum atomic E-state index is 4.34. The molecule has 0 aliphatic heterocycles. The van der Waals surface area contributed by atoms with Gasteiger partial charge in [-0.1, -0.05) is 164 Å². The van der Waals surface area contributed by atoms with Crippen molar-refractivity contribution in [1.82, 2.24) is 0 Å². The second-order valence-corrected chi connectivity index (χ2v) is 9.17. The smallest absolute Gasteiger partial charge is 0.00256 e. The third-order valence-corrected chi connectivity index (χ3v) is 6.48. The SMILES string of the molecule is C=C(/C=C\C(=Cc1ccccc1)Cc1ccccc1)c1ccc(-c2ccc(-c3ccccc3)cc2)cc1. The Hall–Kier alpha value is -4.68. The highest BCUT2D eigenvalue weighted by Crippen LogP contribution is 2.26. The van der Waals surface area contributed by atoms with Gasteiger partial charge in [0.1, 0.15) is 0 Å². The van der Waals surface area contributed by atoms with Crippen LogP contribution in [0.3, 0.4) is 0 Å². The van der Waals surface area contributed by atoms with Gasteiger partial charge < -0.3 is 0 Å². The van der Waals surface area contributed by atoms with E-state index in [0.29, 0.717) is 0 Å². The zero-order valence-electron chi connectivity index (χ0n) is 20.9. The van der Waals surface area contributed by atoms with Gasteiger partial charge in [0.05, 0.1) is 0 Å². The van der Waals surface area contributed by atoms with Crippen molar-refractivity contribution in [2.45, 2.75) is 6.42 Å². The number of hydrogen-bond acceptors (Lipinski definition) is 0. The molecule has 5 aromatic rings. The Morgan fingerprint density at radius 3 is 1.51 bits per heavy atom. The van der Waals surface area contributed by atoms with Crippen molar-refractivity contribution in [1.29, 1.82) is 0 Å². The molecule has 0 amide bonds. The molecule has 0 heteroatoms. The van der Waals surface area contributed by atoms with Gasteiger partial charge in [-0.15, -0.1) is 0 Å². The fourth-order valence-corrected chi connectivity index (χ4v) is 4.42. The van der Waals surface area contributed by atoms with E-state index in [0.717, 1.165) is 17.6 Å². The molecule has 5 aromatic carbocycles. The number of hydrogen-bond donors (Lipinski definition) is 0. The zero-order chi connectivity index (χ0) is 25.3. The Morgan fingerprint density at radius 2 is 0.946 bits per heavy atom. The van der Waals surface area contributed by atoms with E-state index in [9.17, 15) is 0 Å². The third kappa shape index (κ3) is 6.51. The highest BCUT2D eigenvalue weighted by Gasteiger charge is 2.03. The minimum absolute atomic E-state index is 0.872. The van der Waals surface area contributed by atoms with Gasteiger partial charge in [-0.3, -0.25) is 0 Å². The first-order valence-corrected chi connectivity index (χ1v) is 12.7. The minimum atomic E-state index is 0.872. The van der Waals surface area contributed by atoms with Crippen molar-refractivity contribution >= 4 is 11.6 Å². The molecule has 0 unspecified atom stereocenters. The summed E-state index contributed by atoms with van der Waals surface area (Å²) in [5, 5.41) is 0. The maximum Gasteiger partial charge on any atom is -0.00256 e. The van der Waals surface area contributed by atoms with Crippen molar-refractivity contribution in [3.05, 3.63) is 181 Å². The van der Waals surface area contributed by atoms with E-state index < -0.39 is 0 Å². The van der Waals surface area contributed by atoms with Gasteiger partial charge in [0.15, 0.2) is 0 Å². The Labute approximate surface area is 220 Å². The van der Waals surface area contributed by atoms with Crippen LogP contribution in [0.25, 0.3) is 33.9 Å². The lowest BCUT2D eigenvalue weighted by atomic mass is 9.97. The minimum Gasteiger partial charge on any atom is -0.0912 e. The largest absolute Gasteiger partial charge is 0.0912 e. The number of allylic oxidation sites excluding steroid dienone is 4. The van der Waals surface area contributed by atoms with Crippen LogP contribution in [-0.4, -0.2) is 0 Å². The molecule has 0 nitrogen and oxygen atoms in total. The topological polar surface area (TPSA) is 0 Å². The molecule has 0 saturated heterocycles. The highest BCUT2D eigenvalue weighted by molar-refractivity contribution is 5.76. The van der Waals surface area contributed by atoms with Gasteiger partial charge in [-0.25, -0.2) is 0 Å². The standard InChI is InChI=1S/C37H30/c1-29(17-18-32(27-30-11-5-2-6-12-30)28-31-13-7-3-8-14-31)33-19-21-36(22-20-33)37-25-23-35(24-26-37)34-15-9-4-10-16-34/h2-27H,1,28H2/b18-17-,32-27?. The van der Waals surface area contributed by atoms with Gasteiger partial charge in [-0.05, 0) is 56.5 Å². The van der Waals surface area contributed by atoms with Crippen molar-refractivity contribution < 1.29 is 0 Å². The fraction of sp³-hybridized carbons (Fsp3) is 0.0270. The molecule has 178 valence electrons. The Balaban J connectivity index is 1.31. The number of rotatable bonds is 8. The van der Waals surface area contributed by atoms with E-state index in [1.165, 1.54) is 39.0 Å². The molecular weight excluding hydrogens is 444 g/mol. The average molecular weight is 475 g/mol. The summed E-state index contributed by atoms with van der Waals surface area (Å²) >= 11 is 0. The van der Waals surface area contributed by atoms with Crippen molar-refractivity contribution in [3.63, 3.8) is 0 Å². The van der Waals surface area contributed by atoms with E-state index >= 15 is 0 Å². The summed E-state index contributed by atoms with van der Waals surface area (Å²) < 4.78 is 0. The molecule has 5 rings (SSSR count). The lowest BCUT2D eigenvalue weighted by Crippen LogP contribution is -1.89. The van der Waals surface area contributed by atoms with Crippen LogP contribution >= 0.6 is 0 Å². The molecule has 0 radical (unpaired) electrons. The van der Waals surface area contributed by atoms with E-state index in [1.54, 1.807) is 0 Å². The molecule has 37 heavy (non-hydrogen) atoms. The van der Waals surface area contributed by atoms with E-state index in [1.807, 2.05) is 12.1 Å². The lowest BCUT2D eigenvalue weighted by Gasteiger charge is -2.08. The summed E-state index contributed by atoms with van der Waals surface area (Å²) in [7, 11) is 0. The second-order valence-electron chi connectivity index (χ2n) is 9.17. The fourth-order valence-electron chi connectivity index (χ4n) is 4.42. The Bertz CT molecular complexity index is 1490. The van der Waals surface area contributed by atoms with Gasteiger partial charge in [0.2, 0.25) is 0 Å². The first-order chi connectivity index (χ1) is 18.2. The summed E-state index contributed by atoms with van der Waals surface area (Å²) in [6, 6.07) is 49.0. The Kier molecular flexibility index (Phi) is 7.69. The second kappa shape index (κ2) is 11.8. The zero-order valence-corrected chi connectivity index (χ0v) is 20.9. The van der Waals surface area contributed by atoms with Crippen LogP contribution in [0.1, 0.15) is 16.7 Å². The quantitative estimate of drug-likeness (QED) is 0.196. The summed E-state index contributed by atoms with van der Waals surface area (Å²) in [5.74, 6) is 0. The normalized spacial score (nSPS) is 11.5. The third-order valence-electron chi connectivity index (χ3n) is 6.48. The molecule has 0 aromatic heterocycles. The van der Waals surface area contributed by atoms with Gasteiger partial charge >= 0.3 is 0 Å². The predicted molar refractivity (Wildman–Crippen MR) is 160 cm³/mol. The average Bonchev–Trinajstić information content (AvgIpc) is 2.97. The number of benzene rings is 5. The van der Waals surface area contributed by atoms with Crippen LogP contribution in [0.4, 0.5) is 0 Å². The van der Waals surface area contributed by atoms with Gasteiger partial charge in [-0.2, -0.15) is 0 Å². The molecule has 0 N–H and O–H groups in total. The summed E-state index contributed by atoms with van der Waals surface area (Å²) in [4.78, 5) is 0. The molecule has 0 saturated carbocycles. The van der Waals surface area contributed by atoms with Crippen molar-refractivity contribution in [2.24, 2.45) is 0 Å². The van der Waals surface area contributed by atoms with E-state index in [4.69, 9.17) is 0 Å². The van der Waals surface area contributed by atoms with Crippen LogP contribution < -0.4 is 0 Å². The molecular formula is C37H30. The van der Waals surface area contributed by atoms with Gasteiger partial charge in [0.25, 0.3) is 0 Å². The summed E-state index contributed by atoms with van der Waals surface area (Å²) in [6.07, 6.45) is 7.44. The van der Waals surface area contributed by atoms with E-state index in [2.05, 4.69) is 152 Å². The van der Waals surface area contributed by atoms with Crippen molar-refractivity contribution in [2.75, 3.05) is 0 Å². The van der Waals surface area contributed by atoms with Crippen molar-refractivity contribution in [3.8, 4) is 22.3 Å². The van der Waals surface area contributed by atoms with E-state index in [-0.39, 0.29) is 0 Å². The molecule has 0 aliphatic rings. The summed E-state index contributed by atoms with van der Waals surface area (Å²) in [5.41, 5.74) is 10.7. The van der Waals surface area contributed by atoms with Crippen LogP contribution in [0.2, 0.25) is 0 Å². The summed E-state index contributed by atoms with van der Waals surface area (Å²) in [6.45, 7) is 4.34. The molecule has 0 spiro atoms. The highest BCUT2D eigenvalue weighted by atomic mass is 14.1. The van der Waals surface area contributed by atoms with Gasteiger partial charge in [0, 0.05) is 0 Å². The monoisotopic (exact) mass is 474 g/mol. The first kappa shape index (κ1) is 24.0. The van der Waals surface area contributed by atoms with Crippen LogP contribution in [0.15, 0.2) is 164 Å². The molecule has 0 aliphatic carbocycles. The molecule has 0 atom stereocenters. The Morgan fingerprint density at radius 1 is 0.486 bits per heavy atom. The molecule has 0 bridgehead atoms. The predicted octanol–water partition coefficient (Wildman–Crippen LogP) is 9.92. The van der Waals surface area contributed by atoms with Crippen LogP contribution in [0, 0.1) is 0 Å². The maximum absolute atomic E-state index is 4.34. The van der Waals surface area contributed by atoms with Crippen LogP contribution in [-0.2, 0) is 6.42 Å². The lowest BCUT2D eigenvalue weighted by molar-refractivity contribution is 1.21. The first-order valence-electron chi connectivity index (χ1n) is 12.7. The molecule has 0 fully saturated rings. The molecule has 0 heterocycles.